The van der Waals surface area contributed by atoms with Gasteiger partial charge >= 0.3 is 0 Å². The molecular weight excluding hydrogens is 308 g/mol. The van der Waals surface area contributed by atoms with E-state index in [0.29, 0.717) is 10.6 Å². The van der Waals surface area contributed by atoms with Gasteiger partial charge in [-0.3, -0.25) is 4.79 Å². The number of rotatable bonds is 4. The number of carbonyl (C=O) groups excluding carboxylic acids is 1. The fourth-order valence-corrected chi connectivity index (χ4v) is 4.35. The Morgan fingerprint density at radius 2 is 2.14 bits per heavy atom. The van der Waals surface area contributed by atoms with E-state index in [9.17, 15) is 13.2 Å². The Kier molecular flexibility index (Phi) is 3.56. The first kappa shape index (κ1) is 14.2. The molecule has 1 aliphatic heterocycles. The first-order valence-corrected chi connectivity index (χ1v) is 8.75. The number of benzene rings is 1. The van der Waals surface area contributed by atoms with Gasteiger partial charge in [-0.05, 0) is 28.6 Å². The zero-order chi connectivity index (χ0) is 15.0. The highest BCUT2D eigenvalue weighted by atomic mass is 32.2. The Balaban J connectivity index is 1.76. The van der Waals surface area contributed by atoms with Crippen molar-refractivity contribution in [2.24, 2.45) is 0 Å². The molecule has 0 aliphatic carbocycles. The molecule has 3 rings (SSSR count). The predicted molar refractivity (Wildman–Crippen MR) is 81.9 cm³/mol. The van der Waals surface area contributed by atoms with Crippen molar-refractivity contribution in [3.05, 3.63) is 46.8 Å². The highest BCUT2D eigenvalue weighted by molar-refractivity contribution is 7.91. The number of likely N-dealkylation sites (N-methyl/N-ethyl adjacent to an activating group) is 1. The zero-order valence-electron chi connectivity index (χ0n) is 11.4. The van der Waals surface area contributed by atoms with Crippen LogP contribution in [0.3, 0.4) is 0 Å². The Labute approximate surface area is 127 Å². The van der Waals surface area contributed by atoms with Crippen LogP contribution in [0.5, 0.6) is 0 Å². The molecule has 0 unspecified atom stereocenters. The molecule has 2 heterocycles. The maximum absolute atomic E-state index is 12.0. The quantitative estimate of drug-likeness (QED) is 0.932. The average Bonchev–Trinajstić information content (AvgIpc) is 3.07. The van der Waals surface area contributed by atoms with Gasteiger partial charge in [-0.25, -0.2) is 13.1 Å². The molecule has 110 valence electrons. The van der Waals surface area contributed by atoms with E-state index in [4.69, 9.17) is 0 Å². The predicted octanol–water partition coefficient (Wildman–Crippen LogP) is 1.75. The molecule has 0 spiro atoms. The van der Waals surface area contributed by atoms with Gasteiger partial charge in [-0.15, -0.1) is 11.3 Å². The molecule has 1 aromatic carbocycles. The normalized spacial score (nSPS) is 14.5. The van der Waals surface area contributed by atoms with Crippen LogP contribution in [0.2, 0.25) is 0 Å². The van der Waals surface area contributed by atoms with Gasteiger partial charge in [-0.2, -0.15) is 0 Å². The molecular formula is C14H14N2O3S2. The van der Waals surface area contributed by atoms with Crippen molar-refractivity contribution in [1.82, 2.24) is 4.72 Å². The van der Waals surface area contributed by atoms with Crippen molar-refractivity contribution in [2.45, 2.75) is 17.2 Å². The first-order chi connectivity index (χ1) is 9.97. The number of carbonyl (C=O) groups is 1. The van der Waals surface area contributed by atoms with Crippen molar-refractivity contribution in [1.29, 1.82) is 0 Å². The van der Waals surface area contributed by atoms with Crippen molar-refractivity contribution < 1.29 is 13.2 Å². The lowest BCUT2D eigenvalue weighted by Crippen LogP contribution is -2.22. The summed E-state index contributed by atoms with van der Waals surface area (Å²) in [5.41, 5.74) is 2.68. The van der Waals surface area contributed by atoms with E-state index in [1.807, 2.05) is 18.2 Å². The maximum atomic E-state index is 12.0. The summed E-state index contributed by atoms with van der Waals surface area (Å²) in [6.07, 6.45) is 0.372. The summed E-state index contributed by atoms with van der Waals surface area (Å²) in [6.45, 7) is 0.214. The van der Waals surface area contributed by atoms with Crippen LogP contribution in [0.4, 0.5) is 5.69 Å². The molecule has 2 aromatic rings. The topological polar surface area (TPSA) is 66.5 Å². The van der Waals surface area contributed by atoms with E-state index in [-0.39, 0.29) is 12.5 Å². The summed E-state index contributed by atoms with van der Waals surface area (Å²) >= 11 is 1.18. The largest absolute Gasteiger partial charge is 0.315 e. The highest BCUT2D eigenvalue weighted by Gasteiger charge is 2.24. The van der Waals surface area contributed by atoms with E-state index >= 15 is 0 Å². The lowest BCUT2D eigenvalue weighted by molar-refractivity contribution is -0.117. The molecule has 7 heteroatoms. The standard InChI is InChI=1S/C14H14N2O3S2/c1-16-12-5-4-10(7-11(12)8-13(16)17)9-15-21(18,19)14-3-2-6-20-14/h2-7,15H,8-9H2,1H3. The minimum atomic E-state index is -3.46. The molecule has 1 aromatic heterocycles. The van der Waals surface area contributed by atoms with Gasteiger partial charge in [0.05, 0.1) is 6.42 Å². The van der Waals surface area contributed by atoms with Gasteiger partial charge < -0.3 is 4.90 Å². The molecule has 0 atom stereocenters. The number of nitrogens with one attached hydrogen (secondary N) is 1. The summed E-state index contributed by atoms with van der Waals surface area (Å²) in [5, 5.41) is 1.73. The van der Waals surface area contributed by atoms with Gasteiger partial charge in [0.2, 0.25) is 15.9 Å². The van der Waals surface area contributed by atoms with E-state index in [1.165, 1.54) is 11.3 Å². The third kappa shape index (κ3) is 2.72. The summed E-state index contributed by atoms with van der Waals surface area (Å²) in [4.78, 5) is 13.3. The average molecular weight is 322 g/mol. The summed E-state index contributed by atoms with van der Waals surface area (Å²) in [6, 6.07) is 8.85. The molecule has 1 aliphatic rings. The Morgan fingerprint density at radius 3 is 2.86 bits per heavy atom. The van der Waals surface area contributed by atoms with Crippen LogP contribution >= 0.6 is 11.3 Å². The van der Waals surface area contributed by atoms with Crippen LogP contribution in [0.1, 0.15) is 11.1 Å². The molecule has 0 bridgehead atoms. The molecule has 0 radical (unpaired) electrons. The maximum Gasteiger partial charge on any atom is 0.250 e. The monoisotopic (exact) mass is 322 g/mol. The van der Waals surface area contributed by atoms with Gasteiger partial charge in [0, 0.05) is 19.3 Å². The van der Waals surface area contributed by atoms with Gasteiger partial charge in [0.15, 0.2) is 0 Å². The molecule has 0 fully saturated rings. The SMILES string of the molecule is CN1C(=O)Cc2cc(CNS(=O)(=O)c3cccs3)ccc21. The summed E-state index contributed by atoms with van der Waals surface area (Å²) < 4.78 is 27.0. The zero-order valence-corrected chi connectivity index (χ0v) is 13.0. The molecule has 1 amide bonds. The molecule has 0 saturated heterocycles. The van der Waals surface area contributed by atoms with Crippen LogP contribution in [-0.4, -0.2) is 21.4 Å². The summed E-state index contributed by atoms with van der Waals surface area (Å²) in [5.74, 6) is 0.0568. The Bertz CT molecular complexity index is 783. The lowest BCUT2D eigenvalue weighted by atomic mass is 10.1. The third-order valence-electron chi connectivity index (χ3n) is 3.45. The smallest absolute Gasteiger partial charge is 0.250 e. The second-order valence-corrected chi connectivity index (χ2v) is 7.79. The summed E-state index contributed by atoms with van der Waals surface area (Å²) in [7, 11) is -1.72. The minimum Gasteiger partial charge on any atom is -0.315 e. The highest BCUT2D eigenvalue weighted by Crippen LogP contribution is 2.28. The van der Waals surface area contributed by atoms with Crippen molar-refractivity contribution in [3.63, 3.8) is 0 Å². The number of anilines is 1. The van der Waals surface area contributed by atoms with Crippen molar-refractivity contribution in [2.75, 3.05) is 11.9 Å². The van der Waals surface area contributed by atoms with Crippen molar-refractivity contribution in [3.8, 4) is 0 Å². The van der Waals surface area contributed by atoms with Crippen LogP contribution in [-0.2, 0) is 27.8 Å². The third-order valence-corrected chi connectivity index (χ3v) is 6.25. The van der Waals surface area contributed by atoms with E-state index in [2.05, 4.69) is 4.72 Å². The Hall–Kier alpha value is -1.70. The van der Waals surface area contributed by atoms with Gasteiger partial charge in [0.1, 0.15) is 4.21 Å². The van der Waals surface area contributed by atoms with Crippen LogP contribution in [0, 0.1) is 0 Å². The van der Waals surface area contributed by atoms with Crippen LogP contribution < -0.4 is 9.62 Å². The van der Waals surface area contributed by atoms with Gasteiger partial charge in [0.25, 0.3) is 0 Å². The fourth-order valence-electron chi connectivity index (χ4n) is 2.30. The minimum absolute atomic E-state index is 0.0568. The van der Waals surface area contributed by atoms with E-state index < -0.39 is 10.0 Å². The second-order valence-electron chi connectivity index (χ2n) is 4.85. The lowest BCUT2D eigenvalue weighted by Gasteiger charge is -2.11. The number of sulfonamides is 1. The van der Waals surface area contributed by atoms with E-state index in [0.717, 1.165) is 16.8 Å². The molecule has 0 saturated carbocycles. The molecule has 21 heavy (non-hydrogen) atoms. The number of thiophene rings is 1. The van der Waals surface area contributed by atoms with E-state index in [1.54, 1.807) is 29.5 Å². The van der Waals surface area contributed by atoms with Crippen molar-refractivity contribution >= 4 is 33.0 Å². The van der Waals surface area contributed by atoms with Gasteiger partial charge in [-0.1, -0.05) is 18.2 Å². The van der Waals surface area contributed by atoms with Crippen LogP contribution in [0.15, 0.2) is 39.9 Å². The number of nitrogens with zero attached hydrogens (tertiary/aromatic N) is 1. The molecule has 5 nitrogen and oxygen atoms in total. The number of fused-ring (bicyclic) bond motifs is 1. The second kappa shape index (κ2) is 5.25. The first-order valence-electron chi connectivity index (χ1n) is 6.39. The molecule has 1 N–H and O–H groups in total. The number of hydrogen-bond acceptors (Lipinski definition) is 4. The fraction of sp³-hybridized carbons (Fsp3) is 0.214. The Morgan fingerprint density at radius 1 is 1.33 bits per heavy atom. The van der Waals surface area contributed by atoms with Crippen LogP contribution in [0.25, 0.3) is 0 Å². The number of hydrogen-bond donors (Lipinski definition) is 1. The number of amides is 1.